The van der Waals surface area contributed by atoms with Crippen LogP contribution in [0.5, 0.6) is 0 Å². The number of carbonyl (C=O) groups is 3. The van der Waals surface area contributed by atoms with Crippen LogP contribution in [0.15, 0.2) is 60.7 Å². The maximum absolute atomic E-state index is 13.6. The first-order chi connectivity index (χ1) is 17.0. The second kappa shape index (κ2) is 13.7. The lowest BCUT2D eigenvalue weighted by Crippen LogP contribution is -2.60. The molecule has 0 fully saturated rings. The number of carbonyl (C=O) groups excluding carboxylic acids is 3. The number of rotatable bonds is 13. The highest BCUT2D eigenvalue weighted by Gasteiger charge is 2.34. The first-order valence-electron chi connectivity index (χ1n) is 12.0. The zero-order chi connectivity index (χ0) is 26.7. The Morgan fingerprint density at radius 3 is 2.03 bits per heavy atom. The molecule has 0 heterocycles. The fourth-order valence-corrected chi connectivity index (χ4v) is 3.53. The molecule has 0 spiro atoms. The average molecular weight is 498 g/mol. The van der Waals surface area contributed by atoms with Crippen molar-refractivity contribution in [2.24, 2.45) is 5.73 Å². The highest BCUT2D eigenvalue weighted by atomic mass is 16.5. The van der Waals surface area contributed by atoms with Crippen molar-refractivity contribution in [3.63, 3.8) is 0 Å². The van der Waals surface area contributed by atoms with Gasteiger partial charge in [0, 0.05) is 21.1 Å². The summed E-state index contributed by atoms with van der Waals surface area (Å²) in [4.78, 5) is 40.7. The van der Waals surface area contributed by atoms with Crippen molar-refractivity contribution in [2.75, 3.05) is 27.7 Å². The van der Waals surface area contributed by atoms with E-state index in [0.29, 0.717) is 12.8 Å². The van der Waals surface area contributed by atoms with Gasteiger partial charge in [-0.1, -0.05) is 60.7 Å². The molecule has 2 rings (SSSR count). The van der Waals surface area contributed by atoms with Gasteiger partial charge in [0.05, 0.1) is 18.8 Å². The Kier molecular flexibility index (Phi) is 11.0. The molecule has 0 bridgehead atoms. The molecule has 2 aromatic carbocycles. The minimum absolute atomic E-state index is 0.0689. The normalized spacial score (nSPS) is 13.1. The molecule has 9 nitrogen and oxygen atoms in total. The van der Waals surface area contributed by atoms with Gasteiger partial charge in [-0.3, -0.25) is 19.8 Å². The van der Waals surface area contributed by atoms with Gasteiger partial charge in [0.15, 0.2) is 0 Å². The van der Waals surface area contributed by atoms with E-state index in [0.717, 1.165) is 11.1 Å². The van der Waals surface area contributed by atoms with E-state index >= 15 is 0 Å². The minimum atomic E-state index is -1.19. The van der Waals surface area contributed by atoms with Crippen molar-refractivity contribution in [1.82, 2.24) is 20.7 Å². The molecule has 0 radical (unpaired) electrons. The Balaban J connectivity index is 2.20. The summed E-state index contributed by atoms with van der Waals surface area (Å²) in [6.07, 6.45) is 1.00. The SMILES string of the molecule is CN(C)NC(=O)[C@@H](CCc1ccccc1)N(C)C(=O)C(COCc1ccccc1)NC(=O)C(C)(C)N. The molecular formula is C27H39N5O4. The number of nitrogens with two attached hydrogens (primary N) is 1. The molecular weight excluding hydrogens is 458 g/mol. The van der Waals surface area contributed by atoms with E-state index in [1.165, 1.54) is 9.91 Å². The zero-order valence-corrected chi connectivity index (χ0v) is 21.9. The number of hydrazine groups is 1. The number of benzene rings is 2. The molecule has 0 saturated carbocycles. The fourth-order valence-electron chi connectivity index (χ4n) is 3.53. The number of ether oxygens (including phenoxy) is 1. The quantitative estimate of drug-likeness (QED) is 0.361. The predicted molar refractivity (Wildman–Crippen MR) is 139 cm³/mol. The summed E-state index contributed by atoms with van der Waals surface area (Å²) in [6, 6.07) is 17.5. The van der Waals surface area contributed by atoms with Crippen LogP contribution in [0.2, 0.25) is 0 Å². The second-order valence-corrected chi connectivity index (χ2v) is 9.61. The fraction of sp³-hybridized carbons (Fsp3) is 0.444. The third kappa shape index (κ3) is 9.41. The molecule has 2 atom stereocenters. The monoisotopic (exact) mass is 497 g/mol. The molecule has 1 unspecified atom stereocenters. The van der Waals surface area contributed by atoms with Gasteiger partial charge >= 0.3 is 0 Å². The second-order valence-electron chi connectivity index (χ2n) is 9.61. The van der Waals surface area contributed by atoms with Crippen molar-refractivity contribution >= 4 is 17.7 Å². The van der Waals surface area contributed by atoms with E-state index in [1.54, 1.807) is 35.0 Å². The lowest BCUT2D eigenvalue weighted by Gasteiger charge is -2.32. The zero-order valence-electron chi connectivity index (χ0n) is 21.9. The third-order valence-corrected chi connectivity index (χ3v) is 5.59. The highest BCUT2D eigenvalue weighted by Crippen LogP contribution is 2.12. The molecule has 0 aromatic heterocycles. The lowest BCUT2D eigenvalue weighted by molar-refractivity contribution is -0.145. The van der Waals surface area contributed by atoms with Gasteiger partial charge in [0.1, 0.15) is 12.1 Å². The predicted octanol–water partition coefficient (Wildman–Crippen LogP) is 1.48. The number of likely N-dealkylation sites (N-methyl/N-ethyl adjacent to an activating group) is 1. The number of aryl methyl sites for hydroxylation is 1. The van der Waals surface area contributed by atoms with Crippen molar-refractivity contribution in [3.8, 4) is 0 Å². The summed E-state index contributed by atoms with van der Waals surface area (Å²) in [5.41, 5.74) is 9.50. The summed E-state index contributed by atoms with van der Waals surface area (Å²) >= 11 is 0. The Bertz CT molecular complexity index is 977. The maximum Gasteiger partial charge on any atom is 0.257 e. The van der Waals surface area contributed by atoms with Gasteiger partial charge in [0.25, 0.3) is 5.91 Å². The van der Waals surface area contributed by atoms with Crippen LogP contribution in [0, 0.1) is 0 Å². The smallest absolute Gasteiger partial charge is 0.257 e. The summed E-state index contributed by atoms with van der Waals surface area (Å²) in [7, 11) is 4.98. The van der Waals surface area contributed by atoms with E-state index < -0.39 is 29.4 Å². The Hall–Kier alpha value is -3.27. The molecule has 0 aliphatic carbocycles. The lowest BCUT2D eigenvalue weighted by atomic mass is 10.0. The van der Waals surface area contributed by atoms with Crippen LogP contribution in [0.4, 0.5) is 0 Å². The van der Waals surface area contributed by atoms with Crippen molar-refractivity contribution < 1.29 is 19.1 Å². The summed E-state index contributed by atoms with van der Waals surface area (Å²) in [5, 5.41) is 4.25. The molecule has 36 heavy (non-hydrogen) atoms. The standard InChI is InChI=1S/C27H39N5O4/c1-27(2,28)26(35)29-22(19-36-18-21-14-10-7-11-15-21)25(34)32(5)23(24(33)30-31(3)4)17-16-20-12-8-6-9-13-20/h6-15,22-23H,16-19,28H2,1-5H3,(H,29,35)(H,30,33)/t22?,23-/m1/s1. The largest absolute Gasteiger partial charge is 0.374 e. The number of amides is 3. The summed E-state index contributed by atoms with van der Waals surface area (Å²) in [6.45, 7) is 3.33. The van der Waals surface area contributed by atoms with Crippen molar-refractivity contribution in [3.05, 3.63) is 71.8 Å². The van der Waals surface area contributed by atoms with Crippen LogP contribution in [-0.2, 0) is 32.1 Å². The molecule has 3 amide bonds. The van der Waals surface area contributed by atoms with Crippen LogP contribution in [0.3, 0.4) is 0 Å². The van der Waals surface area contributed by atoms with Crippen LogP contribution < -0.4 is 16.5 Å². The van der Waals surface area contributed by atoms with Gasteiger partial charge in [-0.15, -0.1) is 0 Å². The first kappa shape index (κ1) is 29.0. The van der Waals surface area contributed by atoms with Gasteiger partial charge < -0.3 is 20.7 Å². The van der Waals surface area contributed by atoms with E-state index in [9.17, 15) is 14.4 Å². The van der Waals surface area contributed by atoms with E-state index in [1.807, 2.05) is 60.7 Å². The van der Waals surface area contributed by atoms with E-state index in [4.69, 9.17) is 10.5 Å². The van der Waals surface area contributed by atoms with E-state index in [2.05, 4.69) is 10.7 Å². The van der Waals surface area contributed by atoms with Gasteiger partial charge in [-0.05, 0) is 37.8 Å². The molecule has 9 heteroatoms. The summed E-state index contributed by atoms with van der Waals surface area (Å²) < 4.78 is 5.79. The Labute approximate surface area is 213 Å². The van der Waals surface area contributed by atoms with Gasteiger partial charge in [0.2, 0.25) is 11.8 Å². The van der Waals surface area contributed by atoms with Crippen LogP contribution in [-0.4, -0.2) is 73.0 Å². The van der Waals surface area contributed by atoms with Crippen molar-refractivity contribution in [2.45, 2.75) is 50.9 Å². The molecule has 2 aromatic rings. The molecule has 196 valence electrons. The Morgan fingerprint density at radius 1 is 0.944 bits per heavy atom. The average Bonchev–Trinajstić information content (AvgIpc) is 2.83. The minimum Gasteiger partial charge on any atom is -0.374 e. The molecule has 0 saturated heterocycles. The van der Waals surface area contributed by atoms with Crippen LogP contribution in [0.25, 0.3) is 0 Å². The molecule has 4 N–H and O–H groups in total. The third-order valence-electron chi connectivity index (χ3n) is 5.59. The van der Waals surface area contributed by atoms with Crippen LogP contribution >= 0.6 is 0 Å². The van der Waals surface area contributed by atoms with Gasteiger partial charge in [-0.25, -0.2) is 5.01 Å². The maximum atomic E-state index is 13.6. The number of hydrogen-bond donors (Lipinski definition) is 3. The number of nitrogens with zero attached hydrogens (tertiary/aromatic N) is 2. The Morgan fingerprint density at radius 2 is 1.50 bits per heavy atom. The van der Waals surface area contributed by atoms with Crippen molar-refractivity contribution in [1.29, 1.82) is 0 Å². The molecule has 0 aliphatic rings. The summed E-state index contributed by atoms with van der Waals surface area (Å²) in [5.74, 6) is -1.25. The molecule has 0 aliphatic heterocycles. The topological polar surface area (TPSA) is 117 Å². The first-order valence-corrected chi connectivity index (χ1v) is 12.0. The van der Waals surface area contributed by atoms with Gasteiger partial charge in [-0.2, -0.15) is 0 Å². The number of hydrogen-bond acceptors (Lipinski definition) is 6. The highest BCUT2D eigenvalue weighted by molar-refractivity contribution is 5.94. The van der Waals surface area contributed by atoms with E-state index in [-0.39, 0.29) is 19.1 Å². The van der Waals surface area contributed by atoms with Crippen LogP contribution in [0.1, 0.15) is 31.4 Å². The number of nitrogens with one attached hydrogen (secondary N) is 2.